The molecule has 120 valence electrons. The van der Waals surface area contributed by atoms with E-state index in [2.05, 4.69) is 41.2 Å². The molecule has 0 saturated carbocycles. The molecule has 1 aromatic carbocycles. The van der Waals surface area contributed by atoms with E-state index in [4.69, 9.17) is 9.47 Å². The van der Waals surface area contributed by atoms with Crippen molar-refractivity contribution in [3.05, 3.63) is 22.2 Å². The first-order valence-electron chi connectivity index (χ1n) is 7.83. The number of halogens is 1. The van der Waals surface area contributed by atoms with Crippen LogP contribution < -0.4 is 14.8 Å². The van der Waals surface area contributed by atoms with Crippen molar-refractivity contribution >= 4 is 15.9 Å². The minimum absolute atomic E-state index is 0.309. The fraction of sp³-hybridized carbons (Fsp3) is 0.647. The molecule has 0 amide bonds. The SMILES string of the molecule is CCOc1cc(Br)c(C(CC(C)CC)NC)cc1OCC. The molecule has 21 heavy (non-hydrogen) atoms. The Labute approximate surface area is 137 Å². The third-order valence-corrected chi connectivity index (χ3v) is 4.41. The number of hydrogen-bond acceptors (Lipinski definition) is 3. The Morgan fingerprint density at radius 2 is 1.67 bits per heavy atom. The van der Waals surface area contributed by atoms with Gasteiger partial charge >= 0.3 is 0 Å². The van der Waals surface area contributed by atoms with Crippen molar-refractivity contribution < 1.29 is 9.47 Å². The van der Waals surface area contributed by atoms with E-state index >= 15 is 0 Å². The third-order valence-electron chi connectivity index (χ3n) is 3.72. The van der Waals surface area contributed by atoms with E-state index in [1.807, 2.05) is 27.0 Å². The van der Waals surface area contributed by atoms with E-state index in [0.717, 1.165) is 22.4 Å². The van der Waals surface area contributed by atoms with Crippen molar-refractivity contribution in [2.24, 2.45) is 5.92 Å². The van der Waals surface area contributed by atoms with Gasteiger partial charge in [-0.05, 0) is 50.9 Å². The summed E-state index contributed by atoms with van der Waals surface area (Å²) < 4.78 is 12.5. The Hall–Kier alpha value is -0.740. The van der Waals surface area contributed by atoms with Gasteiger partial charge in [0.25, 0.3) is 0 Å². The highest BCUT2D eigenvalue weighted by molar-refractivity contribution is 9.10. The van der Waals surface area contributed by atoms with Gasteiger partial charge in [0.15, 0.2) is 11.5 Å². The van der Waals surface area contributed by atoms with Gasteiger partial charge in [0.2, 0.25) is 0 Å². The second-order valence-electron chi connectivity index (χ2n) is 5.28. The fourth-order valence-electron chi connectivity index (χ4n) is 2.32. The predicted molar refractivity (Wildman–Crippen MR) is 92.4 cm³/mol. The third kappa shape index (κ3) is 5.19. The summed E-state index contributed by atoms with van der Waals surface area (Å²) in [6.07, 6.45) is 2.29. The van der Waals surface area contributed by atoms with E-state index in [1.165, 1.54) is 12.0 Å². The smallest absolute Gasteiger partial charge is 0.162 e. The van der Waals surface area contributed by atoms with E-state index < -0.39 is 0 Å². The summed E-state index contributed by atoms with van der Waals surface area (Å²) in [5, 5.41) is 3.42. The van der Waals surface area contributed by atoms with E-state index in [0.29, 0.717) is 25.2 Å². The Morgan fingerprint density at radius 3 is 2.14 bits per heavy atom. The first-order valence-corrected chi connectivity index (χ1v) is 8.62. The molecule has 1 rings (SSSR count). The van der Waals surface area contributed by atoms with Crippen molar-refractivity contribution in [2.45, 2.75) is 46.6 Å². The predicted octanol–water partition coefficient (Wildman–Crippen LogP) is 4.94. The van der Waals surface area contributed by atoms with Crippen LogP contribution >= 0.6 is 15.9 Å². The molecule has 3 nitrogen and oxygen atoms in total. The van der Waals surface area contributed by atoms with Crippen LogP contribution in [-0.2, 0) is 0 Å². The lowest BCUT2D eigenvalue weighted by molar-refractivity contribution is 0.286. The molecule has 1 N–H and O–H groups in total. The number of rotatable bonds is 9. The average Bonchev–Trinajstić information content (AvgIpc) is 2.48. The van der Waals surface area contributed by atoms with Gasteiger partial charge in [-0.3, -0.25) is 0 Å². The van der Waals surface area contributed by atoms with Crippen LogP contribution in [0.5, 0.6) is 11.5 Å². The molecule has 0 aliphatic rings. The molecule has 0 spiro atoms. The van der Waals surface area contributed by atoms with Crippen LogP contribution in [0.4, 0.5) is 0 Å². The van der Waals surface area contributed by atoms with Crippen molar-refractivity contribution in [2.75, 3.05) is 20.3 Å². The molecule has 0 heterocycles. The van der Waals surface area contributed by atoms with Crippen LogP contribution in [0.25, 0.3) is 0 Å². The molecular formula is C17H28BrNO2. The van der Waals surface area contributed by atoms with Gasteiger partial charge in [-0.1, -0.05) is 36.2 Å². The van der Waals surface area contributed by atoms with Gasteiger partial charge in [-0.2, -0.15) is 0 Å². The summed E-state index contributed by atoms with van der Waals surface area (Å²) in [5.41, 5.74) is 1.23. The van der Waals surface area contributed by atoms with Gasteiger partial charge in [0.05, 0.1) is 13.2 Å². The Balaban J connectivity index is 3.12. The summed E-state index contributed by atoms with van der Waals surface area (Å²) in [6, 6.07) is 4.43. The van der Waals surface area contributed by atoms with Crippen molar-refractivity contribution in [1.82, 2.24) is 5.32 Å². The summed E-state index contributed by atoms with van der Waals surface area (Å²) >= 11 is 3.68. The number of ether oxygens (including phenoxy) is 2. The first kappa shape index (κ1) is 18.3. The zero-order chi connectivity index (χ0) is 15.8. The second-order valence-corrected chi connectivity index (χ2v) is 6.13. The molecule has 0 aromatic heterocycles. The number of hydrogen-bond donors (Lipinski definition) is 1. The van der Waals surface area contributed by atoms with E-state index in [-0.39, 0.29) is 0 Å². The molecule has 4 heteroatoms. The minimum atomic E-state index is 0.309. The standard InChI is InChI=1S/C17H28BrNO2/c1-6-12(4)9-15(19-5)13-10-16(20-7-2)17(21-8-3)11-14(13)18/h10-12,15,19H,6-9H2,1-5H3. The quantitative estimate of drug-likeness (QED) is 0.678. The lowest BCUT2D eigenvalue weighted by Crippen LogP contribution is -2.19. The van der Waals surface area contributed by atoms with Gasteiger partial charge in [0.1, 0.15) is 0 Å². The van der Waals surface area contributed by atoms with Gasteiger partial charge in [-0.15, -0.1) is 0 Å². The van der Waals surface area contributed by atoms with E-state index in [9.17, 15) is 0 Å². The van der Waals surface area contributed by atoms with Crippen LogP contribution in [0.15, 0.2) is 16.6 Å². The zero-order valence-electron chi connectivity index (χ0n) is 13.8. The number of benzene rings is 1. The normalized spacial score (nSPS) is 13.8. The molecule has 2 atom stereocenters. The topological polar surface area (TPSA) is 30.5 Å². The van der Waals surface area contributed by atoms with Crippen LogP contribution in [0, 0.1) is 5.92 Å². The van der Waals surface area contributed by atoms with Crippen molar-refractivity contribution in [1.29, 1.82) is 0 Å². The minimum Gasteiger partial charge on any atom is -0.490 e. The Bertz CT molecular complexity index is 437. The van der Waals surface area contributed by atoms with Crippen LogP contribution in [0.3, 0.4) is 0 Å². The molecular weight excluding hydrogens is 330 g/mol. The summed E-state index contributed by atoms with van der Waals surface area (Å²) in [4.78, 5) is 0. The maximum absolute atomic E-state index is 5.74. The van der Waals surface area contributed by atoms with Crippen LogP contribution in [0.2, 0.25) is 0 Å². The molecule has 2 unspecified atom stereocenters. The average molecular weight is 358 g/mol. The van der Waals surface area contributed by atoms with Gasteiger partial charge < -0.3 is 14.8 Å². The second kappa shape index (κ2) is 9.31. The van der Waals surface area contributed by atoms with Gasteiger partial charge in [0, 0.05) is 10.5 Å². The maximum atomic E-state index is 5.74. The highest BCUT2D eigenvalue weighted by Crippen LogP contribution is 2.38. The molecule has 0 aliphatic carbocycles. The van der Waals surface area contributed by atoms with Crippen LogP contribution in [0.1, 0.15) is 52.1 Å². The summed E-state index contributed by atoms with van der Waals surface area (Å²) in [5.74, 6) is 2.30. The fourth-order valence-corrected chi connectivity index (χ4v) is 2.92. The molecule has 0 saturated heterocycles. The largest absolute Gasteiger partial charge is 0.490 e. The molecule has 0 aliphatic heterocycles. The Kier molecular flexibility index (Phi) is 8.12. The first-order chi connectivity index (χ1) is 10.1. The molecule has 0 bridgehead atoms. The van der Waals surface area contributed by atoms with Gasteiger partial charge in [-0.25, -0.2) is 0 Å². The van der Waals surface area contributed by atoms with Crippen molar-refractivity contribution in [3.63, 3.8) is 0 Å². The molecule has 0 radical (unpaired) electrons. The molecule has 0 fully saturated rings. The number of nitrogens with one attached hydrogen (secondary N) is 1. The lowest BCUT2D eigenvalue weighted by atomic mass is 9.94. The highest BCUT2D eigenvalue weighted by atomic mass is 79.9. The van der Waals surface area contributed by atoms with Crippen molar-refractivity contribution in [3.8, 4) is 11.5 Å². The maximum Gasteiger partial charge on any atom is 0.162 e. The van der Waals surface area contributed by atoms with E-state index in [1.54, 1.807) is 0 Å². The summed E-state index contributed by atoms with van der Waals surface area (Å²) in [6.45, 7) is 9.76. The lowest BCUT2D eigenvalue weighted by Gasteiger charge is -2.23. The molecule has 1 aromatic rings. The zero-order valence-corrected chi connectivity index (χ0v) is 15.4. The Morgan fingerprint density at radius 1 is 1.10 bits per heavy atom. The monoisotopic (exact) mass is 357 g/mol. The summed E-state index contributed by atoms with van der Waals surface area (Å²) in [7, 11) is 2.01. The van der Waals surface area contributed by atoms with Crippen LogP contribution in [-0.4, -0.2) is 20.3 Å². The highest BCUT2D eigenvalue weighted by Gasteiger charge is 2.19.